The molecule has 1 N–H and O–H groups in total. The van der Waals surface area contributed by atoms with E-state index in [0.717, 1.165) is 10.9 Å². The van der Waals surface area contributed by atoms with Gasteiger partial charge in [-0.15, -0.1) is 0 Å². The standard InChI is InChI=1S/C19H18F4O7S/c1-12(2)30-28-11-13-3-4-15-10-16(6-5-14(15)9-13)29-17(24)7-8-18(20,21)19(22,23)31(25,26)27/h3-6,9-10H,1,7-8,11H2,2H3,(H,25,26,27). The number of carbonyl (C=O) groups excluding carboxylic acids is 1. The van der Waals surface area contributed by atoms with Crippen LogP contribution in [0.1, 0.15) is 25.3 Å². The van der Waals surface area contributed by atoms with Crippen LogP contribution in [-0.4, -0.2) is 30.1 Å². The van der Waals surface area contributed by atoms with E-state index in [0.29, 0.717) is 11.1 Å². The Morgan fingerprint density at radius 2 is 1.71 bits per heavy atom. The number of benzene rings is 2. The number of hydrogen-bond donors (Lipinski definition) is 1. The maximum Gasteiger partial charge on any atom is 0.431 e. The van der Waals surface area contributed by atoms with Crippen molar-refractivity contribution in [3.63, 3.8) is 0 Å². The number of alkyl halides is 4. The molecule has 0 unspecified atom stereocenters. The van der Waals surface area contributed by atoms with Crippen molar-refractivity contribution in [1.29, 1.82) is 0 Å². The van der Waals surface area contributed by atoms with Gasteiger partial charge in [0.2, 0.25) is 0 Å². The largest absolute Gasteiger partial charge is 0.431 e. The van der Waals surface area contributed by atoms with Crippen LogP contribution in [0, 0.1) is 0 Å². The Morgan fingerprint density at radius 1 is 1.10 bits per heavy atom. The first kappa shape index (κ1) is 24.6. The maximum absolute atomic E-state index is 13.5. The monoisotopic (exact) mass is 466 g/mol. The summed E-state index contributed by atoms with van der Waals surface area (Å²) < 4.78 is 87.3. The highest BCUT2D eigenvalue weighted by Crippen LogP contribution is 2.41. The fourth-order valence-corrected chi connectivity index (χ4v) is 2.88. The topological polar surface area (TPSA) is 99.1 Å². The van der Waals surface area contributed by atoms with Crippen LogP contribution < -0.4 is 4.74 Å². The zero-order valence-corrected chi connectivity index (χ0v) is 16.9. The molecule has 31 heavy (non-hydrogen) atoms. The second-order valence-electron chi connectivity index (χ2n) is 6.56. The number of ether oxygens (including phenoxy) is 1. The van der Waals surface area contributed by atoms with E-state index >= 15 is 0 Å². The van der Waals surface area contributed by atoms with Gasteiger partial charge in [0.15, 0.2) is 0 Å². The third-order valence-electron chi connectivity index (χ3n) is 3.93. The lowest BCUT2D eigenvalue weighted by Crippen LogP contribution is -2.47. The molecule has 0 spiro atoms. The van der Waals surface area contributed by atoms with E-state index in [1.54, 1.807) is 31.2 Å². The normalized spacial score (nSPS) is 12.6. The third-order valence-corrected chi connectivity index (χ3v) is 4.87. The molecule has 2 aromatic carbocycles. The van der Waals surface area contributed by atoms with E-state index < -0.39 is 40.1 Å². The summed E-state index contributed by atoms with van der Waals surface area (Å²) in [6.45, 7) is 5.27. The van der Waals surface area contributed by atoms with Crippen LogP contribution in [0.4, 0.5) is 17.6 Å². The smallest absolute Gasteiger partial charge is 0.427 e. The molecule has 0 atom stereocenters. The zero-order valence-electron chi connectivity index (χ0n) is 16.1. The minimum absolute atomic E-state index is 0.0306. The van der Waals surface area contributed by atoms with Gasteiger partial charge >= 0.3 is 27.3 Å². The summed E-state index contributed by atoms with van der Waals surface area (Å²) in [5.41, 5.74) is 0.764. The first-order chi connectivity index (χ1) is 14.2. The van der Waals surface area contributed by atoms with Crippen LogP contribution in [0.2, 0.25) is 0 Å². The van der Waals surface area contributed by atoms with Crippen molar-refractivity contribution in [2.45, 2.75) is 37.5 Å². The van der Waals surface area contributed by atoms with Crippen LogP contribution >= 0.6 is 0 Å². The Hall–Kier alpha value is -2.70. The summed E-state index contributed by atoms with van der Waals surface area (Å²) in [7, 11) is -6.36. The predicted molar refractivity (Wildman–Crippen MR) is 101 cm³/mol. The van der Waals surface area contributed by atoms with Crippen LogP contribution in [0.15, 0.2) is 48.7 Å². The molecule has 2 rings (SSSR count). The number of halogens is 4. The van der Waals surface area contributed by atoms with Gasteiger partial charge in [-0.3, -0.25) is 9.35 Å². The van der Waals surface area contributed by atoms with Crippen molar-refractivity contribution in [3.05, 3.63) is 54.3 Å². The van der Waals surface area contributed by atoms with Crippen molar-refractivity contribution < 1.29 is 49.8 Å². The molecule has 12 heteroatoms. The van der Waals surface area contributed by atoms with Gasteiger partial charge in [0.05, 0.1) is 6.42 Å². The van der Waals surface area contributed by atoms with Gasteiger partial charge in [0, 0.05) is 6.42 Å². The minimum atomic E-state index is -6.36. The Balaban J connectivity index is 2.01. The molecular formula is C19H18F4O7S. The maximum atomic E-state index is 13.5. The van der Waals surface area contributed by atoms with E-state index in [-0.39, 0.29) is 12.4 Å². The number of carbonyl (C=O) groups is 1. The van der Waals surface area contributed by atoms with Crippen LogP contribution in [-0.2, 0) is 31.3 Å². The van der Waals surface area contributed by atoms with Crippen molar-refractivity contribution in [2.24, 2.45) is 0 Å². The molecule has 2 aromatic rings. The molecule has 0 heterocycles. The summed E-state index contributed by atoms with van der Waals surface area (Å²) in [5, 5.41) is -4.38. The number of rotatable bonds is 10. The van der Waals surface area contributed by atoms with E-state index in [1.165, 1.54) is 12.1 Å². The third kappa shape index (κ3) is 6.15. The van der Waals surface area contributed by atoms with E-state index in [4.69, 9.17) is 19.1 Å². The molecule has 0 radical (unpaired) electrons. The molecule has 0 aliphatic rings. The summed E-state index contributed by atoms with van der Waals surface area (Å²) >= 11 is 0. The van der Waals surface area contributed by atoms with E-state index in [1.807, 2.05) is 0 Å². The van der Waals surface area contributed by atoms with Crippen LogP contribution in [0.25, 0.3) is 10.8 Å². The lowest BCUT2D eigenvalue weighted by atomic mass is 10.1. The minimum Gasteiger partial charge on any atom is -0.427 e. The van der Waals surface area contributed by atoms with Gasteiger partial charge in [-0.05, 0) is 41.5 Å². The fourth-order valence-electron chi connectivity index (χ4n) is 2.40. The van der Waals surface area contributed by atoms with Gasteiger partial charge < -0.3 is 9.62 Å². The zero-order chi connectivity index (χ0) is 23.4. The van der Waals surface area contributed by atoms with Crippen LogP contribution in [0.5, 0.6) is 5.75 Å². The molecule has 0 amide bonds. The number of allylic oxidation sites excluding steroid dienone is 1. The number of hydrogen-bond acceptors (Lipinski definition) is 6. The average Bonchev–Trinajstić information content (AvgIpc) is 2.65. The predicted octanol–water partition coefficient (Wildman–Crippen LogP) is 4.62. The summed E-state index contributed by atoms with van der Waals surface area (Å²) in [5.74, 6) is -6.11. The van der Waals surface area contributed by atoms with E-state index in [2.05, 4.69) is 6.58 Å². The molecular weight excluding hydrogens is 448 g/mol. The van der Waals surface area contributed by atoms with Crippen molar-refractivity contribution >= 4 is 26.9 Å². The van der Waals surface area contributed by atoms with Crippen LogP contribution in [0.3, 0.4) is 0 Å². The second-order valence-corrected chi connectivity index (χ2v) is 8.02. The molecule has 0 saturated heterocycles. The summed E-state index contributed by atoms with van der Waals surface area (Å²) in [4.78, 5) is 21.5. The second kappa shape index (κ2) is 9.20. The Morgan fingerprint density at radius 3 is 2.32 bits per heavy atom. The lowest BCUT2D eigenvalue weighted by molar-refractivity contribution is -0.271. The number of fused-ring (bicyclic) bond motifs is 1. The summed E-state index contributed by atoms with van der Waals surface area (Å²) in [6.07, 6.45) is -3.06. The SMILES string of the molecule is C=C(C)OOCc1ccc2cc(OC(=O)CCC(F)(F)C(F)(F)S(=O)(=O)O)ccc2c1. The average molecular weight is 466 g/mol. The lowest BCUT2D eigenvalue weighted by Gasteiger charge is -2.23. The molecule has 0 aliphatic carbocycles. The Labute approximate surface area is 174 Å². The summed E-state index contributed by atoms with van der Waals surface area (Å²) in [6, 6.07) is 9.50. The van der Waals surface area contributed by atoms with Gasteiger partial charge in [0.1, 0.15) is 18.1 Å². The molecule has 7 nitrogen and oxygen atoms in total. The van der Waals surface area contributed by atoms with Gasteiger partial charge in [-0.25, -0.2) is 0 Å². The van der Waals surface area contributed by atoms with Crippen molar-refractivity contribution in [1.82, 2.24) is 0 Å². The molecule has 0 saturated carbocycles. The van der Waals surface area contributed by atoms with Gasteiger partial charge in [0.25, 0.3) is 0 Å². The van der Waals surface area contributed by atoms with Gasteiger partial charge in [-0.1, -0.05) is 24.8 Å². The highest BCUT2D eigenvalue weighted by Gasteiger charge is 2.65. The first-order valence-corrected chi connectivity index (χ1v) is 10.1. The van der Waals surface area contributed by atoms with Crippen molar-refractivity contribution in [3.8, 4) is 5.75 Å². The highest BCUT2D eigenvalue weighted by molar-refractivity contribution is 7.87. The highest BCUT2D eigenvalue weighted by atomic mass is 32.2. The fraction of sp³-hybridized carbons (Fsp3) is 0.316. The molecule has 0 aromatic heterocycles. The quantitative estimate of drug-likeness (QED) is 0.104. The first-order valence-electron chi connectivity index (χ1n) is 8.64. The molecule has 0 fully saturated rings. The van der Waals surface area contributed by atoms with Gasteiger partial charge in [-0.2, -0.15) is 30.9 Å². The molecule has 0 aliphatic heterocycles. The number of esters is 1. The molecule has 170 valence electrons. The Bertz CT molecular complexity index is 1080. The molecule has 0 bridgehead atoms. The van der Waals surface area contributed by atoms with E-state index in [9.17, 15) is 30.8 Å². The Kier molecular flexibility index (Phi) is 7.29. The van der Waals surface area contributed by atoms with Crippen molar-refractivity contribution in [2.75, 3.05) is 0 Å².